The smallest absolute Gasteiger partial charge is 0.255 e. The summed E-state index contributed by atoms with van der Waals surface area (Å²) in [7, 11) is 6.23. The molecule has 9 heteroatoms. The molecule has 0 unspecified atom stereocenters. The Labute approximate surface area is 230 Å². The van der Waals surface area contributed by atoms with E-state index in [1.165, 1.54) is 14.2 Å². The molecule has 0 spiro atoms. The second-order valence-corrected chi connectivity index (χ2v) is 10.00. The first-order chi connectivity index (χ1) is 18.6. The van der Waals surface area contributed by atoms with Crippen LogP contribution in [0.3, 0.4) is 0 Å². The normalized spacial score (nSPS) is 11.1. The number of furan rings is 1. The molecule has 0 saturated heterocycles. The lowest BCUT2D eigenvalue weighted by Gasteiger charge is -2.37. The summed E-state index contributed by atoms with van der Waals surface area (Å²) in [6, 6.07) is 14.3. The van der Waals surface area contributed by atoms with Crippen molar-refractivity contribution in [2.45, 2.75) is 39.3 Å². The molecule has 1 aromatic heterocycles. The van der Waals surface area contributed by atoms with E-state index in [9.17, 15) is 9.59 Å². The van der Waals surface area contributed by atoms with Gasteiger partial charge in [-0.1, -0.05) is 6.07 Å². The molecule has 0 aliphatic heterocycles. The van der Waals surface area contributed by atoms with Crippen LogP contribution in [-0.4, -0.2) is 68.7 Å². The third-order valence-corrected chi connectivity index (χ3v) is 6.34. The molecule has 0 bridgehead atoms. The van der Waals surface area contributed by atoms with Crippen LogP contribution in [-0.2, 0) is 17.8 Å². The molecule has 0 aliphatic carbocycles. The second kappa shape index (κ2) is 13.1. The van der Waals surface area contributed by atoms with Crippen molar-refractivity contribution in [2.24, 2.45) is 0 Å². The summed E-state index contributed by atoms with van der Waals surface area (Å²) < 4.78 is 27.0. The van der Waals surface area contributed by atoms with Gasteiger partial charge in [-0.15, -0.1) is 0 Å². The van der Waals surface area contributed by atoms with Crippen molar-refractivity contribution >= 4 is 11.8 Å². The van der Waals surface area contributed by atoms with Crippen molar-refractivity contribution in [1.29, 1.82) is 0 Å². The van der Waals surface area contributed by atoms with Crippen LogP contribution in [0.25, 0.3) is 0 Å². The Bertz CT molecular complexity index is 1230. The van der Waals surface area contributed by atoms with Crippen LogP contribution >= 0.6 is 0 Å². The molecule has 0 radical (unpaired) electrons. The van der Waals surface area contributed by atoms with E-state index in [1.807, 2.05) is 45.0 Å². The fourth-order valence-electron chi connectivity index (χ4n) is 4.12. The van der Waals surface area contributed by atoms with E-state index in [1.54, 1.807) is 54.5 Å². The van der Waals surface area contributed by atoms with Gasteiger partial charge in [0.15, 0.2) is 11.5 Å². The predicted octanol–water partition coefficient (Wildman–Crippen LogP) is 4.83. The minimum atomic E-state index is -0.636. The molecule has 210 valence electrons. The Kier molecular flexibility index (Phi) is 9.87. The third kappa shape index (κ3) is 7.69. The third-order valence-electron chi connectivity index (χ3n) is 6.34. The predicted molar refractivity (Wildman–Crippen MR) is 148 cm³/mol. The zero-order chi connectivity index (χ0) is 28.6. The average molecular weight is 539 g/mol. The number of amides is 2. The average Bonchev–Trinajstić information content (AvgIpc) is 3.45. The summed E-state index contributed by atoms with van der Waals surface area (Å²) in [5.74, 6) is 2.40. The lowest BCUT2D eigenvalue weighted by atomic mass is 10.0. The molecular formula is C30H38N2O7. The van der Waals surface area contributed by atoms with Crippen LogP contribution in [0.15, 0.2) is 59.2 Å². The number of benzene rings is 2. The lowest BCUT2D eigenvalue weighted by Crippen LogP contribution is -2.51. The molecule has 39 heavy (non-hydrogen) atoms. The van der Waals surface area contributed by atoms with Crippen LogP contribution in [0.1, 0.15) is 42.5 Å². The summed E-state index contributed by atoms with van der Waals surface area (Å²) in [6.45, 7) is 6.27. The molecule has 0 atom stereocenters. The van der Waals surface area contributed by atoms with Gasteiger partial charge in [0.25, 0.3) is 5.91 Å². The summed E-state index contributed by atoms with van der Waals surface area (Å²) in [6.07, 6.45) is 2.15. The summed E-state index contributed by atoms with van der Waals surface area (Å²) >= 11 is 0. The van der Waals surface area contributed by atoms with Gasteiger partial charge >= 0.3 is 0 Å². The quantitative estimate of drug-likeness (QED) is 0.326. The van der Waals surface area contributed by atoms with Crippen LogP contribution in [0, 0.1) is 0 Å². The van der Waals surface area contributed by atoms with Crippen molar-refractivity contribution in [2.75, 3.05) is 41.5 Å². The first kappa shape index (κ1) is 29.4. The number of hydrogen-bond donors (Lipinski definition) is 0. The van der Waals surface area contributed by atoms with Crippen LogP contribution in [0.2, 0.25) is 0 Å². The van der Waals surface area contributed by atoms with E-state index < -0.39 is 5.54 Å². The highest BCUT2D eigenvalue weighted by molar-refractivity contribution is 5.97. The van der Waals surface area contributed by atoms with Gasteiger partial charge in [-0.2, -0.15) is 0 Å². The molecule has 2 amide bonds. The molecular weight excluding hydrogens is 500 g/mol. The highest BCUT2D eigenvalue weighted by Crippen LogP contribution is 2.28. The minimum absolute atomic E-state index is 0.117. The van der Waals surface area contributed by atoms with Crippen molar-refractivity contribution in [1.82, 2.24) is 9.80 Å². The molecule has 0 N–H and O–H groups in total. The summed E-state index contributed by atoms with van der Waals surface area (Å²) in [4.78, 5) is 30.7. The SMILES string of the molecule is COc1cc(OC)cc(C(=O)N(CC(=O)N(CCc2ccc(OC)c(OC)c2)Cc2ccco2)C(C)(C)C)c1. The van der Waals surface area contributed by atoms with E-state index >= 15 is 0 Å². The number of hydrogen-bond acceptors (Lipinski definition) is 7. The van der Waals surface area contributed by atoms with Crippen molar-refractivity contribution < 1.29 is 33.0 Å². The lowest BCUT2D eigenvalue weighted by molar-refractivity contribution is -0.133. The Morgan fingerprint density at radius 1 is 0.846 bits per heavy atom. The van der Waals surface area contributed by atoms with Crippen molar-refractivity contribution in [3.05, 3.63) is 71.7 Å². The first-order valence-corrected chi connectivity index (χ1v) is 12.7. The largest absolute Gasteiger partial charge is 0.497 e. The molecule has 0 aliphatic rings. The minimum Gasteiger partial charge on any atom is -0.497 e. The first-order valence-electron chi connectivity index (χ1n) is 12.7. The number of rotatable bonds is 12. The van der Waals surface area contributed by atoms with Gasteiger partial charge in [0.05, 0.1) is 41.2 Å². The second-order valence-electron chi connectivity index (χ2n) is 10.00. The molecule has 3 rings (SSSR count). The fourth-order valence-corrected chi connectivity index (χ4v) is 4.12. The van der Waals surface area contributed by atoms with Gasteiger partial charge in [0.1, 0.15) is 23.8 Å². The van der Waals surface area contributed by atoms with Gasteiger partial charge in [0, 0.05) is 23.7 Å². The van der Waals surface area contributed by atoms with Gasteiger partial charge in [-0.05, 0) is 69.2 Å². The zero-order valence-corrected chi connectivity index (χ0v) is 23.8. The number of nitrogens with zero attached hydrogens (tertiary/aromatic N) is 2. The standard InChI is InChI=1S/C30H38N2O7/c1-30(2,3)32(29(34)22-16-24(35-4)18-25(17-22)36-5)20-28(33)31(19-23-9-8-14-39-23)13-12-21-10-11-26(37-6)27(15-21)38-7/h8-11,14-18H,12-13,19-20H2,1-7H3. The Morgan fingerprint density at radius 3 is 2.05 bits per heavy atom. The molecule has 3 aromatic rings. The van der Waals surface area contributed by atoms with E-state index in [-0.39, 0.29) is 24.9 Å². The topological polar surface area (TPSA) is 90.7 Å². The van der Waals surface area contributed by atoms with Crippen LogP contribution in [0.4, 0.5) is 0 Å². The van der Waals surface area contributed by atoms with Crippen molar-refractivity contribution in [3.63, 3.8) is 0 Å². The van der Waals surface area contributed by atoms with Crippen LogP contribution in [0.5, 0.6) is 23.0 Å². The van der Waals surface area contributed by atoms with E-state index in [2.05, 4.69) is 0 Å². The molecule has 1 heterocycles. The van der Waals surface area contributed by atoms with Gasteiger partial charge in [-0.3, -0.25) is 9.59 Å². The van der Waals surface area contributed by atoms with Crippen LogP contribution < -0.4 is 18.9 Å². The maximum absolute atomic E-state index is 13.7. The van der Waals surface area contributed by atoms with E-state index in [4.69, 9.17) is 23.4 Å². The zero-order valence-electron chi connectivity index (χ0n) is 23.8. The highest BCUT2D eigenvalue weighted by Gasteiger charge is 2.31. The van der Waals surface area contributed by atoms with Gasteiger partial charge in [0.2, 0.25) is 5.91 Å². The molecule has 0 saturated carbocycles. The summed E-state index contributed by atoms with van der Waals surface area (Å²) in [5, 5.41) is 0. The molecule has 0 fully saturated rings. The highest BCUT2D eigenvalue weighted by atomic mass is 16.5. The van der Waals surface area contributed by atoms with Crippen molar-refractivity contribution in [3.8, 4) is 23.0 Å². The number of carbonyl (C=O) groups is 2. The number of methoxy groups -OCH3 is 4. The van der Waals surface area contributed by atoms with E-state index in [0.717, 1.165) is 5.56 Å². The Balaban J connectivity index is 1.85. The Morgan fingerprint density at radius 2 is 1.51 bits per heavy atom. The monoisotopic (exact) mass is 538 g/mol. The molecule has 9 nitrogen and oxygen atoms in total. The maximum atomic E-state index is 13.7. The number of ether oxygens (including phenoxy) is 4. The maximum Gasteiger partial charge on any atom is 0.255 e. The summed E-state index contributed by atoms with van der Waals surface area (Å²) in [5.41, 5.74) is 0.719. The number of carbonyl (C=O) groups excluding carboxylic acids is 2. The van der Waals surface area contributed by atoms with Gasteiger partial charge in [-0.25, -0.2) is 0 Å². The van der Waals surface area contributed by atoms with Gasteiger partial charge < -0.3 is 33.2 Å². The van der Waals surface area contributed by atoms with E-state index in [0.29, 0.717) is 47.3 Å². The fraction of sp³-hybridized carbons (Fsp3) is 0.400. The Hall–Kier alpha value is -4.14. The molecule has 2 aromatic carbocycles.